The van der Waals surface area contributed by atoms with Crippen molar-refractivity contribution in [3.63, 3.8) is 0 Å². The van der Waals surface area contributed by atoms with Crippen molar-refractivity contribution in [2.24, 2.45) is 0 Å². The first-order valence-electron chi connectivity index (χ1n) is 6.10. The van der Waals surface area contributed by atoms with E-state index in [2.05, 4.69) is 13.5 Å². The quantitative estimate of drug-likeness (QED) is 0.262. The molecule has 0 rings (SSSR count). The van der Waals surface area contributed by atoms with E-state index >= 15 is 0 Å². The molecule has 0 aromatic rings. The minimum atomic E-state index is -0.307. The van der Waals surface area contributed by atoms with Gasteiger partial charge in [-0.15, -0.1) is 0 Å². The summed E-state index contributed by atoms with van der Waals surface area (Å²) >= 11 is 0. The molecule has 0 spiro atoms. The Hall–Kier alpha value is -0.167. The van der Waals surface area contributed by atoms with Crippen LogP contribution in [-0.2, 0) is 29.0 Å². The molecule has 0 saturated heterocycles. The number of esters is 1. The average molecular weight is 278 g/mol. The number of hydrogen-bond donors (Lipinski definition) is 0. The van der Waals surface area contributed by atoms with E-state index in [4.69, 9.17) is 4.74 Å². The Bertz CT molecular complexity index is 169. The SMILES string of the molecule is C=CC(=O)OCCCCCCCCCC.[Zn]. The number of unbranched alkanes of at least 4 members (excludes halogenated alkanes) is 7. The molecule has 0 aliphatic heterocycles. The number of rotatable bonds is 10. The predicted octanol–water partition coefficient (Wildman–Crippen LogP) is 3.85. The van der Waals surface area contributed by atoms with Crippen molar-refractivity contribution in [1.29, 1.82) is 0 Å². The van der Waals surface area contributed by atoms with Crippen LogP contribution in [0.15, 0.2) is 12.7 Å². The summed E-state index contributed by atoms with van der Waals surface area (Å²) in [5.41, 5.74) is 0. The second-order valence-electron chi connectivity index (χ2n) is 3.85. The zero-order valence-corrected chi connectivity index (χ0v) is 13.6. The Kier molecular flexibility index (Phi) is 16.9. The van der Waals surface area contributed by atoms with Gasteiger partial charge in [0.1, 0.15) is 0 Å². The van der Waals surface area contributed by atoms with Gasteiger partial charge in [0.2, 0.25) is 0 Å². The van der Waals surface area contributed by atoms with Crippen LogP contribution in [0.5, 0.6) is 0 Å². The molecule has 2 nitrogen and oxygen atoms in total. The average Bonchev–Trinajstić information content (AvgIpc) is 2.26. The zero-order chi connectivity index (χ0) is 11.4. The van der Waals surface area contributed by atoms with Gasteiger partial charge >= 0.3 is 5.97 Å². The maximum absolute atomic E-state index is 10.7. The fourth-order valence-corrected chi connectivity index (χ4v) is 1.47. The summed E-state index contributed by atoms with van der Waals surface area (Å²) < 4.78 is 4.88. The molecule has 0 amide bonds. The second kappa shape index (κ2) is 14.8. The summed E-state index contributed by atoms with van der Waals surface area (Å²) in [5.74, 6) is -0.307. The van der Waals surface area contributed by atoms with Gasteiger partial charge in [0, 0.05) is 25.6 Å². The molecule has 16 heavy (non-hydrogen) atoms. The van der Waals surface area contributed by atoms with Crippen molar-refractivity contribution in [3.8, 4) is 0 Å². The molecule has 0 radical (unpaired) electrons. The fourth-order valence-electron chi connectivity index (χ4n) is 1.47. The van der Waals surface area contributed by atoms with Gasteiger partial charge < -0.3 is 4.74 Å². The van der Waals surface area contributed by atoms with Gasteiger partial charge in [-0.1, -0.05) is 58.4 Å². The Morgan fingerprint density at radius 1 is 1.06 bits per heavy atom. The minimum Gasteiger partial charge on any atom is -0.463 e. The first kappa shape index (κ1) is 18.2. The van der Waals surface area contributed by atoms with Crippen LogP contribution in [0, 0.1) is 0 Å². The van der Waals surface area contributed by atoms with Gasteiger partial charge in [-0.2, -0.15) is 0 Å². The van der Waals surface area contributed by atoms with Crippen LogP contribution in [0.4, 0.5) is 0 Å². The first-order chi connectivity index (χ1) is 7.31. The number of carbonyl (C=O) groups excluding carboxylic acids is 1. The molecule has 0 bridgehead atoms. The van der Waals surface area contributed by atoms with Gasteiger partial charge in [-0.25, -0.2) is 4.79 Å². The molecule has 0 aromatic carbocycles. The van der Waals surface area contributed by atoms with Gasteiger partial charge in [-0.3, -0.25) is 0 Å². The monoisotopic (exact) mass is 276 g/mol. The molecule has 0 aliphatic rings. The van der Waals surface area contributed by atoms with E-state index in [1.165, 1.54) is 44.6 Å². The van der Waals surface area contributed by atoms with Gasteiger partial charge in [0.25, 0.3) is 0 Å². The molecule has 3 heteroatoms. The minimum absolute atomic E-state index is 0. The van der Waals surface area contributed by atoms with Crippen molar-refractivity contribution in [3.05, 3.63) is 12.7 Å². The molecule has 90 valence electrons. The summed E-state index contributed by atoms with van der Waals surface area (Å²) in [6.07, 6.45) is 11.3. The molecule has 0 N–H and O–H groups in total. The molecular weight excluding hydrogens is 254 g/mol. The van der Waals surface area contributed by atoms with Crippen LogP contribution in [0.25, 0.3) is 0 Å². The van der Waals surface area contributed by atoms with E-state index in [1.807, 2.05) is 0 Å². The third kappa shape index (κ3) is 13.8. The Labute approximate surface area is 113 Å². The molecule has 0 aromatic heterocycles. The molecule has 0 heterocycles. The summed E-state index contributed by atoms with van der Waals surface area (Å²) in [4.78, 5) is 10.7. The maximum atomic E-state index is 10.7. The Balaban J connectivity index is 0. The van der Waals surface area contributed by atoms with Gasteiger partial charge in [0.05, 0.1) is 6.61 Å². The number of hydrogen-bond acceptors (Lipinski definition) is 2. The van der Waals surface area contributed by atoms with Gasteiger partial charge in [0.15, 0.2) is 0 Å². The molecule has 0 unspecified atom stereocenters. The second-order valence-corrected chi connectivity index (χ2v) is 3.85. The van der Waals surface area contributed by atoms with Crippen molar-refractivity contribution < 1.29 is 29.0 Å². The van der Waals surface area contributed by atoms with E-state index in [1.54, 1.807) is 0 Å². The van der Waals surface area contributed by atoms with E-state index < -0.39 is 0 Å². The molecule has 0 aliphatic carbocycles. The van der Waals surface area contributed by atoms with Crippen LogP contribution >= 0.6 is 0 Å². The van der Waals surface area contributed by atoms with Crippen molar-refractivity contribution in [1.82, 2.24) is 0 Å². The topological polar surface area (TPSA) is 26.3 Å². The van der Waals surface area contributed by atoms with Crippen molar-refractivity contribution in [2.75, 3.05) is 6.61 Å². The van der Waals surface area contributed by atoms with Crippen LogP contribution in [0.1, 0.15) is 58.3 Å². The smallest absolute Gasteiger partial charge is 0.330 e. The zero-order valence-electron chi connectivity index (χ0n) is 10.7. The predicted molar refractivity (Wildman–Crippen MR) is 63.8 cm³/mol. The third-order valence-corrected chi connectivity index (χ3v) is 2.41. The van der Waals surface area contributed by atoms with Crippen LogP contribution in [-0.4, -0.2) is 12.6 Å². The van der Waals surface area contributed by atoms with E-state index in [9.17, 15) is 4.79 Å². The fraction of sp³-hybridized carbons (Fsp3) is 0.769. The van der Waals surface area contributed by atoms with E-state index in [0.717, 1.165) is 12.8 Å². The summed E-state index contributed by atoms with van der Waals surface area (Å²) in [6, 6.07) is 0. The third-order valence-electron chi connectivity index (χ3n) is 2.41. The van der Waals surface area contributed by atoms with Gasteiger partial charge in [-0.05, 0) is 6.42 Å². The molecule has 0 saturated carbocycles. The van der Waals surface area contributed by atoms with E-state index in [-0.39, 0.29) is 25.4 Å². The molecular formula is C13H24O2Zn. The summed E-state index contributed by atoms with van der Waals surface area (Å²) in [5, 5.41) is 0. The summed E-state index contributed by atoms with van der Waals surface area (Å²) in [6.45, 7) is 6.11. The van der Waals surface area contributed by atoms with Crippen molar-refractivity contribution in [2.45, 2.75) is 58.3 Å². The van der Waals surface area contributed by atoms with Crippen LogP contribution < -0.4 is 0 Å². The number of ether oxygens (including phenoxy) is 1. The number of carbonyl (C=O) groups is 1. The van der Waals surface area contributed by atoms with Crippen LogP contribution in [0.3, 0.4) is 0 Å². The maximum Gasteiger partial charge on any atom is 0.330 e. The largest absolute Gasteiger partial charge is 0.463 e. The first-order valence-corrected chi connectivity index (χ1v) is 6.10. The molecule has 0 fully saturated rings. The Morgan fingerprint density at radius 2 is 1.56 bits per heavy atom. The normalized spacial score (nSPS) is 9.31. The summed E-state index contributed by atoms with van der Waals surface area (Å²) in [7, 11) is 0. The Morgan fingerprint density at radius 3 is 2.06 bits per heavy atom. The van der Waals surface area contributed by atoms with E-state index in [0.29, 0.717) is 6.61 Å². The van der Waals surface area contributed by atoms with Crippen LogP contribution in [0.2, 0.25) is 0 Å². The molecule has 0 atom stereocenters. The van der Waals surface area contributed by atoms with Crippen molar-refractivity contribution >= 4 is 5.97 Å². The standard InChI is InChI=1S/C13H24O2.Zn/c1-3-5-6-7-8-9-10-11-12-15-13(14)4-2;/h4H,2-3,5-12H2,1H3;.